The zero-order chi connectivity index (χ0) is 22.7. The van der Waals surface area contributed by atoms with Crippen LogP contribution >= 0.6 is 0 Å². The maximum atomic E-state index is 12.7. The Hall–Kier alpha value is -3.48. The van der Waals surface area contributed by atoms with Crippen LogP contribution in [0.4, 0.5) is 0 Å². The van der Waals surface area contributed by atoms with Crippen LogP contribution in [-0.2, 0) is 4.79 Å². The summed E-state index contributed by atoms with van der Waals surface area (Å²) in [4.78, 5) is 24.3. The molecule has 32 heavy (non-hydrogen) atoms. The fourth-order valence-electron chi connectivity index (χ4n) is 3.84. The smallest absolute Gasteiger partial charge is 0.197 e. The number of ketones is 1. The number of carbonyl (C=O) groups excluding carboxylic acids is 1. The summed E-state index contributed by atoms with van der Waals surface area (Å²) in [6.07, 6.45) is 4.78. The molecule has 7 heteroatoms. The molecule has 1 heterocycles. The Labute approximate surface area is 185 Å². The van der Waals surface area contributed by atoms with Crippen molar-refractivity contribution < 1.29 is 28.5 Å². The number of hydrogen-bond donors (Lipinski definition) is 1. The van der Waals surface area contributed by atoms with Gasteiger partial charge in [-0.05, 0) is 43.9 Å². The van der Waals surface area contributed by atoms with E-state index in [1.54, 1.807) is 32.2 Å². The van der Waals surface area contributed by atoms with Gasteiger partial charge in [0.2, 0.25) is 0 Å². The second-order valence-electron chi connectivity index (χ2n) is 7.86. The molecule has 3 aromatic rings. The molecule has 4 rings (SSSR count). The van der Waals surface area contributed by atoms with Crippen molar-refractivity contribution in [2.45, 2.75) is 45.1 Å². The number of methoxy groups -OCH3 is 1. The van der Waals surface area contributed by atoms with Gasteiger partial charge >= 0.3 is 0 Å². The molecule has 0 aliphatic heterocycles. The molecule has 0 saturated heterocycles. The van der Waals surface area contributed by atoms with Crippen LogP contribution in [0.15, 0.2) is 45.6 Å². The Morgan fingerprint density at radius 1 is 1.12 bits per heavy atom. The van der Waals surface area contributed by atoms with Gasteiger partial charge in [0.1, 0.15) is 34.8 Å². The van der Waals surface area contributed by atoms with E-state index in [1.165, 1.54) is 18.2 Å². The number of phenols is 1. The number of phenolic OH excluding ortho intramolecular Hbond substituents is 1. The Kier molecular flexibility index (Phi) is 6.35. The molecular formula is C25H26O7. The Morgan fingerprint density at radius 2 is 1.91 bits per heavy atom. The highest BCUT2D eigenvalue weighted by Gasteiger charge is 2.20. The van der Waals surface area contributed by atoms with Crippen molar-refractivity contribution in [3.63, 3.8) is 0 Å². The lowest BCUT2D eigenvalue weighted by atomic mass is 10.1. The van der Waals surface area contributed by atoms with Gasteiger partial charge in [0.05, 0.1) is 13.2 Å². The second kappa shape index (κ2) is 9.34. The first-order valence-electron chi connectivity index (χ1n) is 10.8. The summed E-state index contributed by atoms with van der Waals surface area (Å²) in [6, 6.07) is 9.50. The molecule has 0 bridgehead atoms. The molecule has 1 aliphatic rings. The third-order valence-corrected chi connectivity index (χ3v) is 5.62. The molecular weight excluding hydrogens is 412 g/mol. The van der Waals surface area contributed by atoms with Crippen molar-refractivity contribution in [2.75, 3.05) is 13.7 Å². The third-order valence-electron chi connectivity index (χ3n) is 5.62. The van der Waals surface area contributed by atoms with Crippen LogP contribution in [0, 0.1) is 0 Å². The standard InChI is InChI=1S/C25H26O7/c1-3-16(26)14-30-18-11-19(27)25-20(28)13-22(32-24(25)12-18)15-8-9-21(29-2)23(10-15)31-17-6-4-5-7-17/h8-13,17,27H,3-7,14H2,1-2H3. The van der Waals surface area contributed by atoms with Crippen molar-refractivity contribution >= 4 is 16.8 Å². The molecule has 0 atom stereocenters. The van der Waals surface area contributed by atoms with Crippen LogP contribution in [0.2, 0.25) is 0 Å². The number of hydrogen-bond acceptors (Lipinski definition) is 7. The van der Waals surface area contributed by atoms with Crippen LogP contribution in [0.25, 0.3) is 22.3 Å². The minimum Gasteiger partial charge on any atom is -0.507 e. The van der Waals surface area contributed by atoms with Crippen molar-refractivity contribution in [3.05, 3.63) is 46.6 Å². The van der Waals surface area contributed by atoms with Gasteiger partial charge in [0.15, 0.2) is 22.7 Å². The van der Waals surface area contributed by atoms with Gasteiger partial charge in [-0.1, -0.05) is 6.92 Å². The van der Waals surface area contributed by atoms with E-state index in [4.69, 9.17) is 18.6 Å². The molecule has 168 valence electrons. The van der Waals surface area contributed by atoms with Crippen LogP contribution in [0.3, 0.4) is 0 Å². The highest BCUT2D eigenvalue weighted by molar-refractivity contribution is 5.86. The molecule has 0 spiro atoms. The molecule has 2 aromatic carbocycles. The van der Waals surface area contributed by atoms with Gasteiger partial charge in [-0.2, -0.15) is 0 Å². The molecule has 1 aliphatic carbocycles. The maximum Gasteiger partial charge on any atom is 0.197 e. The van der Waals surface area contributed by atoms with Crippen LogP contribution in [0.5, 0.6) is 23.0 Å². The predicted molar refractivity (Wildman–Crippen MR) is 120 cm³/mol. The summed E-state index contributed by atoms with van der Waals surface area (Å²) < 4.78 is 23.0. The first-order valence-corrected chi connectivity index (χ1v) is 10.8. The van der Waals surface area contributed by atoms with Gasteiger partial charge in [0, 0.05) is 30.2 Å². The minimum atomic E-state index is -0.385. The van der Waals surface area contributed by atoms with E-state index in [0.717, 1.165) is 25.7 Å². The van der Waals surface area contributed by atoms with E-state index in [9.17, 15) is 14.7 Å². The highest BCUT2D eigenvalue weighted by atomic mass is 16.5. The quantitative estimate of drug-likeness (QED) is 0.537. The lowest BCUT2D eigenvalue weighted by molar-refractivity contribution is -0.120. The number of rotatable bonds is 8. The van der Waals surface area contributed by atoms with Gasteiger partial charge in [-0.3, -0.25) is 9.59 Å². The topological polar surface area (TPSA) is 95.2 Å². The molecule has 1 saturated carbocycles. The first kappa shape index (κ1) is 21.7. The molecule has 1 aromatic heterocycles. The summed E-state index contributed by atoms with van der Waals surface area (Å²) in [5, 5.41) is 10.4. The summed E-state index contributed by atoms with van der Waals surface area (Å²) in [5.41, 5.74) is 0.425. The van der Waals surface area contributed by atoms with Crippen molar-refractivity contribution in [1.82, 2.24) is 0 Å². The lowest BCUT2D eigenvalue weighted by Crippen LogP contribution is -2.11. The predicted octanol–water partition coefficient (Wildman–Crippen LogP) is 4.85. The average molecular weight is 438 g/mol. The normalized spacial score (nSPS) is 13.9. The van der Waals surface area contributed by atoms with Crippen molar-refractivity contribution in [3.8, 4) is 34.3 Å². The SMILES string of the molecule is CCC(=O)COc1cc(O)c2c(=O)cc(-c3ccc(OC)c(OC4CCCC4)c3)oc2c1. The molecule has 1 fully saturated rings. The molecule has 0 amide bonds. The summed E-state index contributed by atoms with van der Waals surface area (Å²) in [6.45, 7) is 1.63. The number of benzene rings is 2. The van der Waals surface area contributed by atoms with E-state index in [0.29, 0.717) is 29.2 Å². The Morgan fingerprint density at radius 3 is 2.62 bits per heavy atom. The summed E-state index contributed by atoms with van der Waals surface area (Å²) in [7, 11) is 1.58. The number of aromatic hydroxyl groups is 1. The van der Waals surface area contributed by atoms with Gasteiger partial charge in [0.25, 0.3) is 0 Å². The fourth-order valence-corrected chi connectivity index (χ4v) is 3.84. The fraction of sp³-hybridized carbons (Fsp3) is 0.360. The molecule has 0 radical (unpaired) electrons. The highest BCUT2D eigenvalue weighted by Crippen LogP contribution is 2.37. The van der Waals surface area contributed by atoms with Crippen LogP contribution in [0.1, 0.15) is 39.0 Å². The van der Waals surface area contributed by atoms with Gasteiger partial charge in [-0.15, -0.1) is 0 Å². The molecule has 1 N–H and O–H groups in total. The number of ether oxygens (including phenoxy) is 3. The zero-order valence-electron chi connectivity index (χ0n) is 18.2. The zero-order valence-corrected chi connectivity index (χ0v) is 18.2. The largest absolute Gasteiger partial charge is 0.507 e. The average Bonchev–Trinajstić information content (AvgIpc) is 3.30. The minimum absolute atomic E-state index is 0.0545. The Bertz CT molecular complexity index is 1190. The van der Waals surface area contributed by atoms with E-state index < -0.39 is 0 Å². The van der Waals surface area contributed by atoms with E-state index in [2.05, 4.69) is 0 Å². The van der Waals surface area contributed by atoms with Gasteiger partial charge in [-0.25, -0.2) is 0 Å². The van der Waals surface area contributed by atoms with E-state index >= 15 is 0 Å². The monoisotopic (exact) mass is 438 g/mol. The number of fused-ring (bicyclic) bond motifs is 1. The number of carbonyl (C=O) groups is 1. The van der Waals surface area contributed by atoms with Crippen LogP contribution in [-0.4, -0.2) is 30.7 Å². The number of Topliss-reactive ketones (excluding diaryl/α,β-unsaturated/α-hetero) is 1. The van der Waals surface area contributed by atoms with Gasteiger partial charge < -0.3 is 23.7 Å². The van der Waals surface area contributed by atoms with E-state index in [-0.39, 0.29) is 46.4 Å². The van der Waals surface area contributed by atoms with Crippen molar-refractivity contribution in [2.24, 2.45) is 0 Å². The van der Waals surface area contributed by atoms with Crippen LogP contribution < -0.4 is 19.6 Å². The summed E-state index contributed by atoms with van der Waals surface area (Å²) >= 11 is 0. The van der Waals surface area contributed by atoms with E-state index in [1.807, 2.05) is 0 Å². The Balaban J connectivity index is 1.72. The maximum absolute atomic E-state index is 12.7. The second-order valence-corrected chi connectivity index (χ2v) is 7.86. The molecule has 0 unspecified atom stereocenters. The summed E-state index contributed by atoms with van der Waals surface area (Å²) in [5.74, 6) is 1.43. The molecule has 7 nitrogen and oxygen atoms in total. The first-order chi connectivity index (χ1) is 15.5. The van der Waals surface area contributed by atoms with Crippen molar-refractivity contribution in [1.29, 1.82) is 0 Å². The third kappa shape index (κ3) is 4.56. The lowest BCUT2D eigenvalue weighted by Gasteiger charge is -2.17.